The molecule has 15 heavy (non-hydrogen) atoms. The Morgan fingerprint density at radius 1 is 1.67 bits per heavy atom. The first-order chi connectivity index (χ1) is 7.24. The molecule has 0 radical (unpaired) electrons. The Labute approximate surface area is 98.7 Å². The third-order valence-corrected chi connectivity index (χ3v) is 4.08. The molecule has 0 saturated heterocycles. The Morgan fingerprint density at radius 3 is 3.00 bits per heavy atom. The molecular formula is C10H14N2OS2. The average molecular weight is 242 g/mol. The van der Waals surface area contributed by atoms with Crippen LogP contribution in [0.1, 0.15) is 25.0 Å². The summed E-state index contributed by atoms with van der Waals surface area (Å²) in [6.45, 7) is 0.547. The van der Waals surface area contributed by atoms with Crippen molar-refractivity contribution in [2.45, 2.75) is 25.8 Å². The van der Waals surface area contributed by atoms with Crippen LogP contribution in [0.25, 0.3) is 0 Å². The minimum Gasteiger partial charge on any atom is -0.350 e. The van der Waals surface area contributed by atoms with E-state index in [0.717, 1.165) is 24.3 Å². The fraction of sp³-hybridized carbons (Fsp3) is 0.600. The van der Waals surface area contributed by atoms with Crippen molar-refractivity contribution in [2.75, 3.05) is 5.75 Å². The molecule has 0 atom stereocenters. The summed E-state index contributed by atoms with van der Waals surface area (Å²) < 4.78 is 0. The van der Waals surface area contributed by atoms with Gasteiger partial charge in [0.25, 0.3) is 0 Å². The van der Waals surface area contributed by atoms with Crippen LogP contribution in [0, 0.1) is 5.41 Å². The minimum atomic E-state index is 0.120. The number of carbonyl (C=O) groups excluding carboxylic acids is 1. The Bertz CT molecular complexity index is 333. The third-order valence-electron chi connectivity index (χ3n) is 2.78. The van der Waals surface area contributed by atoms with Gasteiger partial charge in [0, 0.05) is 11.8 Å². The molecule has 0 aliphatic heterocycles. The highest BCUT2D eigenvalue weighted by molar-refractivity contribution is 7.80. The van der Waals surface area contributed by atoms with Crippen molar-refractivity contribution in [3.63, 3.8) is 0 Å². The molecule has 1 aliphatic carbocycles. The van der Waals surface area contributed by atoms with Crippen LogP contribution in [-0.4, -0.2) is 16.6 Å². The van der Waals surface area contributed by atoms with Gasteiger partial charge < -0.3 is 5.32 Å². The number of carbonyl (C=O) groups is 1. The zero-order chi connectivity index (χ0) is 10.7. The minimum absolute atomic E-state index is 0.120. The highest BCUT2D eigenvalue weighted by Crippen LogP contribution is 2.49. The van der Waals surface area contributed by atoms with E-state index in [-0.39, 0.29) is 11.3 Å². The lowest BCUT2D eigenvalue weighted by molar-refractivity contribution is -0.122. The van der Waals surface area contributed by atoms with Gasteiger partial charge in [-0.05, 0) is 24.0 Å². The Balaban J connectivity index is 1.73. The van der Waals surface area contributed by atoms with Gasteiger partial charge in [-0.2, -0.15) is 12.6 Å². The van der Waals surface area contributed by atoms with E-state index in [1.807, 2.05) is 5.38 Å². The molecule has 82 valence electrons. The second-order valence-corrected chi connectivity index (χ2v) is 5.13. The van der Waals surface area contributed by atoms with Gasteiger partial charge >= 0.3 is 0 Å². The van der Waals surface area contributed by atoms with Crippen molar-refractivity contribution >= 4 is 29.9 Å². The fourth-order valence-electron chi connectivity index (χ4n) is 1.48. The summed E-state index contributed by atoms with van der Waals surface area (Å²) in [5.74, 6) is 0.937. The van der Waals surface area contributed by atoms with Gasteiger partial charge in [-0.1, -0.05) is 0 Å². The molecule has 0 unspecified atom stereocenters. The normalized spacial score (nSPS) is 17.4. The first kappa shape index (κ1) is 11.0. The lowest BCUT2D eigenvalue weighted by Crippen LogP contribution is -2.26. The number of amides is 1. The van der Waals surface area contributed by atoms with E-state index in [9.17, 15) is 4.79 Å². The van der Waals surface area contributed by atoms with E-state index in [0.29, 0.717) is 13.0 Å². The predicted octanol–water partition coefficient (Wildman–Crippen LogP) is 1.86. The maximum absolute atomic E-state index is 11.6. The molecule has 1 aromatic rings. The summed E-state index contributed by atoms with van der Waals surface area (Å²) in [5.41, 5.74) is 2.91. The van der Waals surface area contributed by atoms with E-state index < -0.39 is 0 Å². The molecule has 1 aromatic heterocycles. The van der Waals surface area contributed by atoms with Crippen LogP contribution in [0.4, 0.5) is 0 Å². The van der Waals surface area contributed by atoms with Gasteiger partial charge in [-0.15, -0.1) is 11.3 Å². The Hall–Kier alpha value is -0.550. The lowest BCUT2D eigenvalue weighted by atomic mass is 10.1. The molecule has 0 spiro atoms. The van der Waals surface area contributed by atoms with Crippen LogP contribution >= 0.6 is 24.0 Å². The molecule has 0 aromatic carbocycles. The van der Waals surface area contributed by atoms with Crippen molar-refractivity contribution in [1.29, 1.82) is 0 Å². The highest BCUT2D eigenvalue weighted by Gasteiger charge is 2.42. The van der Waals surface area contributed by atoms with Crippen LogP contribution in [0.2, 0.25) is 0 Å². The summed E-state index contributed by atoms with van der Waals surface area (Å²) in [7, 11) is 0. The molecule has 1 heterocycles. The second kappa shape index (κ2) is 4.53. The van der Waals surface area contributed by atoms with E-state index in [4.69, 9.17) is 0 Å². The van der Waals surface area contributed by atoms with Crippen LogP contribution in [0.15, 0.2) is 10.9 Å². The van der Waals surface area contributed by atoms with E-state index in [1.54, 1.807) is 16.8 Å². The molecule has 3 nitrogen and oxygen atoms in total. The number of aromatic nitrogens is 1. The smallest absolute Gasteiger partial charge is 0.220 e. The van der Waals surface area contributed by atoms with Crippen LogP contribution in [0.5, 0.6) is 0 Å². The molecule has 1 aliphatic rings. The molecule has 1 amide bonds. The van der Waals surface area contributed by atoms with Crippen LogP contribution < -0.4 is 5.32 Å². The quantitative estimate of drug-likeness (QED) is 0.774. The second-order valence-electron chi connectivity index (χ2n) is 4.09. The SMILES string of the molecule is O=C(CC1(CS)CC1)NCc1cscn1. The molecule has 0 bridgehead atoms. The van der Waals surface area contributed by atoms with Crippen molar-refractivity contribution < 1.29 is 4.79 Å². The van der Waals surface area contributed by atoms with Crippen LogP contribution in [0.3, 0.4) is 0 Å². The summed E-state index contributed by atoms with van der Waals surface area (Å²) in [6, 6.07) is 0. The standard InChI is InChI=1S/C10H14N2OS2/c13-9(3-10(6-14)1-2-10)11-4-8-5-15-7-12-8/h5,7,14H,1-4,6H2,(H,11,13). The average Bonchev–Trinajstić information content (AvgIpc) is 2.80. The van der Waals surface area contributed by atoms with E-state index in [2.05, 4.69) is 22.9 Å². The fourth-order valence-corrected chi connectivity index (χ4v) is 2.47. The number of hydrogen-bond donors (Lipinski definition) is 2. The third kappa shape index (κ3) is 2.95. The zero-order valence-corrected chi connectivity index (χ0v) is 10.1. The molecule has 1 saturated carbocycles. The first-order valence-corrected chi connectivity index (χ1v) is 6.56. The van der Waals surface area contributed by atoms with Gasteiger partial charge in [0.1, 0.15) is 0 Å². The Kier molecular flexibility index (Phi) is 3.31. The number of thiol groups is 1. The number of thiazole rings is 1. The van der Waals surface area contributed by atoms with Crippen molar-refractivity contribution in [1.82, 2.24) is 10.3 Å². The predicted molar refractivity (Wildman–Crippen MR) is 64.1 cm³/mol. The topological polar surface area (TPSA) is 42.0 Å². The molecule has 2 rings (SSSR count). The van der Waals surface area contributed by atoms with E-state index in [1.165, 1.54) is 0 Å². The maximum Gasteiger partial charge on any atom is 0.220 e. The van der Waals surface area contributed by atoms with Gasteiger partial charge in [-0.25, -0.2) is 4.98 Å². The maximum atomic E-state index is 11.6. The van der Waals surface area contributed by atoms with Crippen molar-refractivity contribution in [3.05, 3.63) is 16.6 Å². The van der Waals surface area contributed by atoms with Gasteiger partial charge in [0.2, 0.25) is 5.91 Å². The number of hydrogen-bond acceptors (Lipinski definition) is 4. The summed E-state index contributed by atoms with van der Waals surface area (Å²) in [5, 5.41) is 4.84. The van der Waals surface area contributed by atoms with E-state index >= 15 is 0 Å². The molecular weight excluding hydrogens is 228 g/mol. The monoisotopic (exact) mass is 242 g/mol. The summed E-state index contributed by atoms with van der Waals surface area (Å²) in [4.78, 5) is 15.7. The number of rotatable bonds is 5. The molecule has 5 heteroatoms. The number of nitrogens with one attached hydrogen (secondary N) is 1. The molecule has 1 fully saturated rings. The zero-order valence-electron chi connectivity index (χ0n) is 8.40. The van der Waals surface area contributed by atoms with Crippen molar-refractivity contribution in [2.24, 2.45) is 5.41 Å². The van der Waals surface area contributed by atoms with Crippen LogP contribution in [-0.2, 0) is 11.3 Å². The number of nitrogens with zero attached hydrogens (tertiary/aromatic N) is 1. The summed E-state index contributed by atoms with van der Waals surface area (Å²) >= 11 is 5.82. The summed E-state index contributed by atoms with van der Waals surface area (Å²) in [6.07, 6.45) is 2.89. The largest absolute Gasteiger partial charge is 0.350 e. The Morgan fingerprint density at radius 2 is 2.47 bits per heavy atom. The lowest BCUT2D eigenvalue weighted by Gasteiger charge is -2.10. The highest BCUT2D eigenvalue weighted by atomic mass is 32.1. The van der Waals surface area contributed by atoms with Crippen molar-refractivity contribution in [3.8, 4) is 0 Å². The first-order valence-electron chi connectivity index (χ1n) is 4.99. The van der Waals surface area contributed by atoms with Gasteiger partial charge in [-0.3, -0.25) is 4.79 Å². The molecule has 1 N–H and O–H groups in total. The van der Waals surface area contributed by atoms with Gasteiger partial charge in [0.05, 0.1) is 17.7 Å². The van der Waals surface area contributed by atoms with Gasteiger partial charge in [0.15, 0.2) is 0 Å².